The number of hydrogen-bond donors (Lipinski definition) is 0. The van der Waals surface area contributed by atoms with Crippen molar-refractivity contribution < 1.29 is 18.9 Å². The highest BCUT2D eigenvalue weighted by Crippen LogP contribution is 2.42. The van der Waals surface area contributed by atoms with Crippen LogP contribution in [0.2, 0.25) is 0 Å². The Labute approximate surface area is 133 Å². The second kappa shape index (κ2) is 4.56. The number of para-hydroxylation sites is 2. The van der Waals surface area contributed by atoms with E-state index >= 15 is 0 Å². The maximum atomic E-state index is 6.15. The zero-order valence-corrected chi connectivity index (χ0v) is 12.3. The molecule has 3 aromatic rings. The molecule has 4 nitrogen and oxygen atoms in total. The van der Waals surface area contributed by atoms with E-state index < -0.39 is 5.79 Å². The fourth-order valence-corrected chi connectivity index (χ4v) is 3.00. The van der Waals surface area contributed by atoms with Gasteiger partial charge in [0, 0.05) is 0 Å². The zero-order valence-electron chi connectivity index (χ0n) is 12.3. The van der Waals surface area contributed by atoms with Crippen molar-refractivity contribution in [3.63, 3.8) is 0 Å². The van der Waals surface area contributed by atoms with Crippen LogP contribution in [0.1, 0.15) is 0 Å². The molecule has 0 aromatic heterocycles. The summed E-state index contributed by atoms with van der Waals surface area (Å²) < 4.78 is 23.9. The Morgan fingerprint density at radius 2 is 1.17 bits per heavy atom. The molecule has 0 fully saturated rings. The van der Waals surface area contributed by atoms with E-state index in [1.807, 2.05) is 54.6 Å². The van der Waals surface area contributed by atoms with Crippen molar-refractivity contribution in [3.8, 4) is 23.0 Å². The third kappa shape index (κ3) is 1.99. The van der Waals surface area contributed by atoms with Gasteiger partial charge in [0.15, 0.2) is 36.2 Å². The van der Waals surface area contributed by atoms with Gasteiger partial charge < -0.3 is 18.9 Å². The summed E-state index contributed by atoms with van der Waals surface area (Å²) in [6.07, 6.45) is 0. The molecule has 3 aromatic carbocycles. The first kappa shape index (κ1) is 12.6. The van der Waals surface area contributed by atoms with Crippen molar-refractivity contribution in [1.29, 1.82) is 0 Å². The summed E-state index contributed by atoms with van der Waals surface area (Å²) in [7, 11) is 0. The maximum absolute atomic E-state index is 6.15. The Hall–Kier alpha value is -2.88. The van der Waals surface area contributed by atoms with Crippen LogP contribution >= 0.6 is 0 Å². The average molecular weight is 306 g/mol. The molecule has 5 rings (SSSR count). The summed E-state index contributed by atoms with van der Waals surface area (Å²) in [5, 5.41) is 2.22. The molecule has 0 aliphatic carbocycles. The summed E-state index contributed by atoms with van der Waals surface area (Å²) in [4.78, 5) is 0. The van der Waals surface area contributed by atoms with Crippen molar-refractivity contribution >= 4 is 10.8 Å². The van der Waals surface area contributed by atoms with Gasteiger partial charge in [0.2, 0.25) is 0 Å². The van der Waals surface area contributed by atoms with Crippen LogP contribution in [0.4, 0.5) is 0 Å². The molecule has 1 spiro atoms. The molecule has 1 unspecified atom stereocenters. The molecule has 1 atom stereocenters. The van der Waals surface area contributed by atoms with Gasteiger partial charge in [-0.15, -0.1) is 0 Å². The van der Waals surface area contributed by atoms with Crippen LogP contribution in [0.5, 0.6) is 23.0 Å². The third-order valence-electron chi connectivity index (χ3n) is 4.15. The van der Waals surface area contributed by atoms with Crippen LogP contribution in [-0.4, -0.2) is 19.0 Å². The quantitative estimate of drug-likeness (QED) is 0.633. The summed E-state index contributed by atoms with van der Waals surface area (Å²) in [6.45, 7) is 0.572. The van der Waals surface area contributed by atoms with Crippen LogP contribution in [0.15, 0.2) is 60.7 Å². The van der Waals surface area contributed by atoms with E-state index in [2.05, 4.69) is 6.07 Å². The fraction of sp³-hybridized carbons (Fsp3) is 0.158. The molecular weight excluding hydrogens is 292 g/mol. The highest BCUT2D eigenvalue weighted by Gasteiger charge is 2.45. The molecule has 114 valence electrons. The Morgan fingerprint density at radius 1 is 0.609 bits per heavy atom. The van der Waals surface area contributed by atoms with Crippen LogP contribution in [-0.2, 0) is 0 Å². The predicted octanol–water partition coefficient (Wildman–Crippen LogP) is 3.78. The van der Waals surface area contributed by atoms with E-state index in [4.69, 9.17) is 18.9 Å². The monoisotopic (exact) mass is 306 g/mol. The fourth-order valence-electron chi connectivity index (χ4n) is 3.00. The second-order valence-electron chi connectivity index (χ2n) is 5.78. The lowest BCUT2D eigenvalue weighted by Gasteiger charge is -2.40. The Bertz CT molecular complexity index is 905. The molecule has 0 bridgehead atoms. The lowest BCUT2D eigenvalue weighted by atomic mass is 10.1. The minimum Gasteiger partial charge on any atom is -0.481 e. The smallest absolute Gasteiger partial charge is 0.320 e. The van der Waals surface area contributed by atoms with Crippen molar-refractivity contribution in [2.75, 3.05) is 13.2 Å². The van der Waals surface area contributed by atoms with E-state index in [1.54, 1.807) is 0 Å². The largest absolute Gasteiger partial charge is 0.481 e. The first-order chi connectivity index (χ1) is 11.3. The van der Waals surface area contributed by atoms with Gasteiger partial charge in [0.05, 0.1) is 0 Å². The van der Waals surface area contributed by atoms with Gasteiger partial charge in [-0.05, 0) is 35.0 Å². The second-order valence-corrected chi connectivity index (χ2v) is 5.78. The van der Waals surface area contributed by atoms with Crippen molar-refractivity contribution in [3.05, 3.63) is 60.7 Å². The van der Waals surface area contributed by atoms with Crippen molar-refractivity contribution in [2.45, 2.75) is 5.79 Å². The summed E-state index contributed by atoms with van der Waals surface area (Å²) in [6, 6.07) is 19.7. The molecule has 2 aliphatic heterocycles. The van der Waals surface area contributed by atoms with E-state index in [-0.39, 0.29) is 13.2 Å². The SMILES string of the molecule is c1ccc2c(c1)OCC1(COc3cc4ccccc4cc3O1)O2. The maximum Gasteiger partial charge on any atom is 0.320 e. The van der Waals surface area contributed by atoms with Gasteiger partial charge in [-0.25, -0.2) is 0 Å². The molecular formula is C19H14O4. The van der Waals surface area contributed by atoms with Gasteiger partial charge >= 0.3 is 5.79 Å². The number of ether oxygens (including phenoxy) is 4. The predicted molar refractivity (Wildman–Crippen MR) is 85.4 cm³/mol. The molecule has 23 heavy (non-hydrogen) atoms. The number of fused-ring (bicyclic) bond motifs is 3. The first-order valence-electron chi connectivity index (χ1n) is 7.57. The molecule has 0 saturated carbocycles. The topological polar surface area (TPSA) is 36.9 Å². The molecule has 0 N–H and O–H groups in total. The molecule has 4 heteroatoms. The number of hydrogen-bond acceptors (Lipinski definition) is 4. The summed E-state index contributed by atoms with van der Waals surface area (Å²) >= 11 is 0. The van der Waals surface area contributed by atoms with Gasteiger partial charge in [-0.2, -0.15) is 0 Å². The Morgan fingerprint density at radius 3 is 1.96 bits per heavy atom. The lowest BCUT2D eigenvalue weighted by Crippen LogP contribution is -2.56. The van der Waals surface area contributed by atoms with Crippen LogP contribution < -0.4 is 18.9 Å². The van der Waals surface area contributed by atoms with Crippen LogP contribution in [0, 0.1) is 0 Å². The summed E-state index contributed by atoms with van der Waals surface area (Å²) in [5.41, 5.74) is 0. The third-order valence-corrected chi connectivity index (χ3v) is 4.15. The minimum atomic E-state index is -0.941. The minimum absolute atomic E-state index is 0.284. The van der Waals surface area contributed by atoms with E-state index in [0.29, 0.717) is 11.5 Å². The normalized spacial score (nSPS) is 21.4. The van der Waals surface area contributed by atoms with Crippen molar-refractivity contribution in [1.82, 2.24) is 0 Å². The first-order valence-corrected chi connectivity index (χ1v) is 7.57. The molecule has 0 amide bonds. The van der Waals surface area contributed by atoms with Crippen LogP contribution in [0.25, 0.3) is 10.8 Å². The van der Waals surface area contributed by atoms with Gasteiger partial charge in [0.25, 0.3) is 0 Å². The Kier molecular flexibility index (Phi) is 2.50. The number of benzene rings is 3. The highest BCUT2D eigenvalue weighted by molar-refractivity contribution is 5.86. The van der Waals surface area contributed by atoms with E-state index in [1.165, 1.54) is 0 Å². The van der Waals surface area contributed by atoms with Gasteiger partial charge in [0.1, 0.15) is 0 Å². The van der Waals surface area contributed by atoms with Gasteiger partial charge in [-0.1, -0.05) is 36.4 Å². The average Bonchev–Trinajstić information content (AvgIpc) is 2.60. The number of rotatable bonds is 0. The summed E-state index contributed by atoms with van der Waals surface area (Å²) in [5.74, 6) is 1.87. The van der Waals surface area contributed by atoms with E-state index in [0.717, 1.165) is 22.3 Å². The van der Waals surface area contributed by atoms with E-state index in [9.17, 15) is 0 Å². The zero-order chi connectivity index (χ0) is 15.3. The Balaban J connectivity index is 1.54. The molecule has 2 aliphatic rings. The molecule has 0 radical (unpaired) electrons. The highest BCUT2D eigenvalue weighted by atomic mass is 16.8. The van der Waals surface area contributed by atoms with Crippen LogP contribution in [0.3, 0.4) is 0 Å². The molecule has 2 heterocycles. The lowest BCUT2D eigenvalue weighted by molar-refractivity contribution is -0.185. The van der Waals surface area contributed by atoms with Crippen molar-refractivity contribution in [2.24, 2.45) is 0 Å². The van der Waals surface area contributed by atoms with Gasteiger partial charge in [-0.3, -0.25) is 0 Å². The molecule has 0 saturated heterocycles. The standard InChI is InChI=1S/C19H14O4/c1-2-6-14-10-18-17(9-13(14)5-1)21-12-19(23-18)11-20-15-7-3-4-8-16(15)22-19/h1-10H,11-12H2.